The van der Waals surface area contributed by atoms with Crippen LogP contribution in [0.25, 0.3) is 0 Å². The zero-order valence-electron chi connectivity index (χ0n) is 16.9. The smallest absolute Gasteiger partial charge is 0.281 e. The maximum atomic E-state index is 12.9. The van der Waals surface area contributed by atoms with Crippen molar-refractivity contribution < 1.29 is 18.7 Å². The van der Waals surface area contributed by atoms with Gasteiger partial charge in [-0.1, -0.05) is 29.8 Å². The second-order valence-corrected chi connectivity index (χ2v) is 7.26. The standard InChI is InChI=1S/C24H22N2O4/c1-16-5-7-19(8-6-16)21-14-22(23-4-3-13-29-23)26(25-21)24(28)15-30-20-11-9-18(10-12-20)17(2)27/h3-13,22H,14-15H2,1-2H3. The SMILES string of the molecule is CC(=O)c1ccc(OCC(=O)N2N=C(c3ccc(C)cc3)CC2c2ccco2)cc1. The van der Waals surface area contributed by atoms with Crippen molar-refractivity contribution in [1.29, 1.82) is 0 Å². The summed E-state index contributed by atoms with van der Waals surface area (Å²) in [6.07, 6.45) is 2.16. The predicted molar refractivity (Wildman–Crippen MR) is 113 cm³/mol. The molecular formula is C24H22N2O4. The van der Waals surface area contributed by atoms with Gasteiger partial charge in [-0.15, -0.1) is 0 Å². The van der Waals surface area contributed by atoms with E-state index in [-0.39, 0.29) is 24.3 Å². The van der Waals surface area contributed by atoms with E-state index >= 15 is 0 Å². The van der Waals surface area contributed by atoms with Crippen molar-refractivity contribution in [3.8, 4) is 5.75 Å². The normalized spacial score (nSPS) is 15.7. The van der Waals surface area contributed by atoms with Crippen molar-refractivity contribution in [3.05, 3.63) is 89.4 Å². The molecule has 2 aromatic carbocycles. The van der Waals surface area contributed by atoms with Crippen LogP contribution in [0, 0.1) is 6.92 Å². The Kier molecular flexibility index (Phi) is 5.48. The highest BCUT2D eigenvalue weighted by molar-refractivity contribution is 6.03. The van der Waals surface area contributed by atoms with Crippen LogP contribution in [0.4, 0.5) is 0 Å². The maximum Gasteiger partial charge on any atom is 0.281 e. The molecule has 3 aromatic rings. The number of hydrogen-bond donors (Lipinski definition) is 0. The molecule has 0 saturated heterocycles. The lowest BCUT2D eigenvalue weighted by molar-refractivity contribution is -0.135. The van der Waals surface area contributed by atoms with Crippen molar-refractivity contribution in [2.24, 2.45) is 5.10 Å². The molecule has 0 fully saturated rings. The number of carbonyl (C=O) groups excluding carboxylic acids is 2. The van der Waals surface area contributed by atoms with Crippen LogP contribution >= 0.6 is 0 Å². The van der Waals surface area contributed by atoms with Crippen LogP contribution in [0.15, 0.2) is 76.4 Å². The number of amides is 1. The molecule has 0 bridgehead atoms. The maximum absolute atomic E-state index is 12.9. The minimum atomic E-state index is -0.313. The Bertz CT molecular complexity index is 1070. The molecule has 0 aliphatic carbocycles. The van der Waals surface area contributed by atoms with Gasteiger partial charge in [-0.25, -0.2) is 5.01 Å². The first-order valence-electron chi connectivity index (χ1n) is 9.75. The lowest BCUT2D eigenvalue weighted by Gasteiger charge is -2.20. The zero-order chi connectivity index (χ0) is 21.1. The van der Waals surface area contributed by atoms with Gasteiger partial charge in [0.05, 0.1) is 12.0 Å². The first kappa shape index (κ1) is 19.6. The molecule has 0 spiro atoms. The quantitative estimate of drug-likeness (QED) is 0.567. The van der Waals surface area contributed by atoms with E-state index in [1.54, 1.807) is 36.6 Å². The van der Waals surface area contributed by atoms with Crippen LogP contribution in [0.3, 0.4) is 0 Å². The molecule has 0 radical (unpaired) electrons. The van der Waals surface area contributed by atoms with Gasteiger partial charge in [0.25, 0.3) is 5.91 Å². The molecule has 1 aliphatic rings. The van der Waals surface area contributed by atoms with E-state index in [4.69, 9.17) is 9.15 Å². The molecule has 0 N–H and O–H groups in total. The third kappa shape index (κ3) is 4.17. The van der Waals surface area contributed by atoms with Gasteiger partial charge < -0.3 is 9.15 Å². The number of Topliss-reactive ketones (excluding diaryl/α,β-unsaturated/α-hetero) is 1. The number of ether oxygens (including phenoxy) is 1. The van der Waals surface area contributed by atoms with E-state index < -0.39 is 0 Å². The Hall–Kier alpha value is -3.67. The third-order valence-electron chi connectivity index (χ3n) is 5.05. The number of ketones is 1. The van der Waals surface area contributed by atoms with Crippen molar-refractivity contribution in [3.63, 3.8) is 0 Å². The van der Waals surface area contributed by atoms with Crippen LogP contribution in [-0.2, 0) is 4.79 Å². The largest absolute Gasteiger partial charge is 0.484 e. The number of hydrazone groups is 1. The molecule has 152 valence electrons. The summed E-state index contributed by atoms with van der Waals surface area (Å²) >= 11 is 0. The molecule has 4 rings (SSSR count). The summed E-state index contributed by atoms with van der Waals surface area (Å²) in [5.41, 5.74) is 3.57. The molecule has 1 aliphatic heterocycles. The summed E-state index contributed by atoms with van der Waals surface area (Å²) in [6.45, 7) is 3.37. The third-order valence-corrected chi connectivity index (χ3v) is 5.05. The molecule has 30 heavy (non-hydrogen) atoms. The highest BCUT2D eigenvalue weighted by atomic mass is 16.5. The van der Waals surface area contributed by atoms with Gasteiger partial charge in [-0.05, 0) is 55.8 Å². The summed E-state index contributed by atoms with van der Waals surface area (Å²) in [5.74, 6) is 0.910. The van der Waals surface area contributed by atoms with E-state index in [0.717, 1.165) is 16.8 Å². The fraction of sp³-hybridized carbons (Fsp3) is 0.208. The van der Waals surface area contributed by atoms with Crippen LogP contribution < -0.4 is 4.74 Å². The Morgan fingerprint density at radius 3 is 2.47 bits per heavy atom. The van der Waals surface area contributed by atoms with Gasteiger partial charge in [0.1, 0.15) is 17.6 Å². The van der Waals surface area contributed by atoms with Crippen LogP contribution in [0.1, 0.15) is 46.6 Å². The number of nitrogens with zero attached hydrogens (tertiary/aromatic N) is 2. The monoisotopic (exact) mass is 402 g/mol. The molecule has 6 heteroatoms. The zero-order valence-corrected chi connectivity index (χ0v) is 16.9. The lowest BCUT2D eigenvalue weighted by Crippen LogP contribution is -2.31. The number of rotatable bonds is 6. The first-order chi connectivity index (χ1) is 14.5. The van der Waals surface area contributed by atoms with Crippen molar-refractivity contribution in [1.82, 2.24) is 5.01 Å². The van der Waals surface area contributed by atoms with Crippen LogP contribution in [0.5, 0.6) is 5.75 Å². The summed E-state index contributed by atoms with van der Waals surface area (Å²) in [5, 5.41) is 6.03. The fourth-order valence-electron chi connectivity index (χ4n) is 3.36. The number of carbonyl (C=O) groups is 2. The van der Waals surface area contributed by atoms with E-state index in [0.29, 0.717) is 23.5 Å². The number of benzene rings is 2. The molecule has 1 aromatic heterocycles. The van der Waals surface area contributed by atoms with Gasteiger partial charge in [0.15, 0.2) is 12.4 Å². The van der Waals surface area contributed by atoms with Gasteiger partial charge in [-0.2, -0.15) is 5.10 Å². The molecule has 1 amide bonds. The molecule has 1 atom stereocenters. The van der Waals surface area contributed by atoms with E-state index in [2.05, 4.69) is 5.10 Å². The average molecular weight is 402 g/mol. The lowest BCUT2D eigenvalue weighted by atomic mass is 10.0. The second-order valence-electron chi connectivity index (χ2n) is 7.26. The average Bonchev–Trinajstić information content (AvgIpc) is 3.43. The van der Waals surface area contributed by atoms with Gasteiger partial charge in [0.2, 0.25) is 0 Å². The number of furan rings is 1. The molecule has 2 heterocycles. The topological polar surface area (TPSA) is 72.1 Å². The molecular weight excluding hydrogens is 380 g/mol. The van der Waals surface area contributed by atoms with Crippen LogP contribution in [0.2, 0.25) is 0 Å². The summed E-state index contributed by atoms with van der Waals surface area (Å²) in [6, 6.07) is 18.1. The van der Waals surface area contributed by atoms with E-state index in [1.165, 1.54) is 11.9 Å². The Balaban J connectivity index is 1.51. The van der Waals surface area contributed by atoms with Crippen molar-refractivity contribution in [2.45, 2.75) is 26.3 Å². The number of hydrogen-bond acceptors (Lipinski definition) is 5. The second kappa shape index (κ2) is 8.37. The first-order valence-corrected chi connectivity index (χ1v) is 9.75. The van der Waals surface area contributed by atoms with E-state index in [9.17, 15) is 9.59 Å². The highest BCUT2D eigenvalue weighted by Crippen LogP contribution is 2.33. The Morgan fingerprint density at radius 1 is 1.10 bits per heavy atom. The predicted octanol–water partition coefficient (Wildman–Crippen LogP) is 4.55. The van der Waals surface area contributed by atoms with Crippen molar-refractivity contribution in [2.75, 3.05) is 6.61 Å². The summed E-state index contributed by atoms with van der Waals surface area (Å²) < 4.78 is 11.2. The van der Waals surface area contributed by atoms with Gasteiger partial charge >= 0.3 is 0 Å². The van der Waals surface area contributed by atoms with Crippen LogP contribution in [-0.4, -0.2) is 29.0 Å². The molecule has 0 saturated carbocycles. The van der Waals surface area contributed by atoms with E-state index in [1.807, 2.05) is 37.3 Å². The molecule has 1 unspecified atom stereocenters. The Labute approximate surface area is 174 Å². The van der Waals surface area contributed by atoms with Gasteiger partial charge in [0, 0.05) is 12.0 Å². The minimum Gasteiger partial charge on any atom is -0.484 e. The minimum absolute atomic E-state index is 0.0195. The molecule has 6 nitrogen and oxygen atoms in total. The van der Waals surface area contributed by atoms with Gasteiger partial charge in [-0.3, -0.25) is 9.59 Å². The summed E-state index contributed by atoms with van der Waals surface area (Å²) in [7, 11) is 0. The highest BCUT2D eigenvalue weighted by Gasteiger charge is 2.35. The van der Waals surface area contributed by atoms with Crippen molar-refractivity contribution >= 4 is 17.4 Å². The number of aryl methyl sites for hydroxylation is 1. The fourth-order valence-corrected chi connectivity index (χ4v) is 3.36. The summed E-state index contributed by atoms with van der Waals surface area (Å²) in [4.78, 5) is 24.3. The Morgan fingerprint density at radius 2 is 1.83 bits per heavy atom.